The van der Waals surface area contributed by atoms with Crippen LogP contribution in [0.15, 0.2) is 22.9 Å². The van der Waals surface area contributed by atoms with Gasteiger partial charge < -0.3 is 14.3 Å². The minimum atomic E-state index is -0.00943. The standard InChI is InChI=1S/C21H27N5O3/c1-14-12-17(6-9-22-14)21(28)25-10-7-18(13-25)26(15(2)27)11-8-19-23-20(29-24-19)16-4-3-5-16/h6,9,12,16,18H,3-5,7-8,10-11,13H2,1-2H3. The summed E-state index contributed by atoms with van der Waals surface area (Å²) in [6, 6.07) is 3.55. The Balaban J connectivity index is 1.35. The highest BCUT2D eigenvalue weighted by Crippen LogP contribution is 2.35. The highest BCUT2D eigenvalue weighted by Gasteiger charge is 2.32. The van der Waals surface area contributed by atoms with E-state index in [4.69, 9.17) is 4.52 Å². The van der Waals surface area contributed by atoms with Gasteiger partial charge in [0.1, 0.15) is 0 Å². The van der Waals surface area contributed by atoms with Gasteiger partial charge in [0.2, 0.25) is 11.8 Å². The third-order valence-corrected chi connectivity index (χ3v) is 5.95. The summed E-state index contributed by atoms with van der Waals surface area (Å²) < 4.78 is 5.37. The predicted molar refractivity (Wildman–Crippen MR) is 105 cm³/mol. The Morgan fingerprint density at radius 3 is 2.83 bits per heavy atom. The summed E-state index contributed by atoms with van der Waals surface area (Å²) in [6.07, 6.45) is 6.43. The first-order valence-electron chi connectivity index (χ1n) is 10.3. The quantitative estimate of drug-likeness (QED) is 0.743. The molecular weight excluding hydrogens is 370 g/mol. The molecule has 154 valence electrons. The Bertz CT molecular complexity index is 892. The first kappa shape index (κ1) is 19.5. The van der Waals surface area contributed by atoms with E-state index in [0.29, 0.717) is 43.4 Å². The molecule has 2 aliphatic rings. The van der Waals surface area contributed by atoms with Gasteiger partial charge in [-0.05, 0) is 38.3 Å². The van der Waals surface area contributed by atoms with Gasteiger partial charge in [-0.2, -0.15) is 4.98 Å². The topological polar surface area (TPSA) is 92.4 Å². The lowest BCUT2D eigenvalue weighted by atomic mass is 9.85. The molecule has 8 nitrogen and oxygen atoms in total. The van der Waals surface area contributed by atoms with E-state index in [1.165, 1.54) is 6.42 Å². The number of aromatic nitrogens is 3. The number of likely N-dealkylation sites (tertiary alicyclic amines) is 1. The van der Waals surface area contributed by atoms with Gasteiger partial charge in [0.05, 0.1) is 6.04 Å². The first-order chi connectivity index (χ1) is 14.0. The molecule has 1 saturated carbocycles. The zero-order valence-corrected chi connectivity index (χ0v) is 17.0. The summed E-state index contributed by atoms with van der Waals surface area (Å²) in [5.41, 5.74) is 1.46. The van der Waals surface area contributed by atoms with E-state index in [0.717, 1.165) is 30.8 Å². The molecule has 1 unspecified atom stereocenters. The fraction of sp³-hybridized carbons (Fsp3) is 0.571. The molecule has 2 aromatic rings. The highest BCUT2D eigenvalue weighted by molar-refractivity contribution is 5.94. The molecule has 2 fully saturated rings. The zero-order valence-electron chi connectivity index (χ0n) is 17.0. The number of hydrogen-bond donors (Lipinski definition) is 0. The number of pyridine rings is 1. The van der Waals surface area contributed by atoms with E-state index in [1.54, 1.807) is 25.3 Å². The van der Waals surface area contributed by atoms with Crippen LogP contribution in [0.4, 0.5) is 0 Å². The van der Waals surface area contributed by atoms with E-state index >= 15 is 0 Å². The van der Waals surface area contributed by atoms with Gasteiger partial charge in [-0.25, -0.2) is 0 Å². The zero-order chi connectivity index (χ0) is 20.4. The number of aryl methyl sites for hydroxylation is 1. The Morgan fingerprint density at radius 1 is 1.31 bits per heavy atom. The molecule has 0 bridgehead atoms. The van der Waals surface area contributed by atoms with Crippen LogP contribution in [0.25, 0.3) is 0 Å². The molecule has 1 atom stereocenters. The minimum Gasteiger partial charge on any atom is -0.339 e. The Morgan fingerprint density at radius 2 is 2.14 bits per heavy atom. The smallest absolute Gasteiger partial charge is 0.254 e. The van der Waals surface area contributed by atoms with Crippen LogP contribution in [0.1, 0.15) is 66.3 Å². The van der Waals surface area contributed by atoms with E-state index in [1.807, 2.05) is 16.7 Å². The first-order valence-corrected chi connectivity index (χ1v) is 10.3. The maximum absolute atomic E-state index is 12.8. The number of hydrogen-bond acceptors (Lipinski definition) is 6. The molecule has 3 heterocycles. The molecule has 0 radical (unpaired) electrons. The summed E-state index contributed by atoms with van der Waals surface area (Å²) >= 11 is 0. The molecule has 29 heavy (non-hydrogen) atoms. The molecule has 0 spiro atoms. The van der Waals surface area contributed by atoms with Crippen LogP contribution in [0.2, 0.25) is 0 Å². The fourth-order valence-electron chi connectivity index (χ4n) is 4.05. The van der Waals surface area contributed by atoms with Crippen molar-refractivity contribution in [2.45, 2.75) is 57.9 Å². The maximum atomic E-state index is 12.8. The van der Waals surface area contributed by atoms with Crippen molar-refractivity contribution in [2.75, 3.05) is 19.6 Å². The van der Waals surface area contributed by atoms with Crippen molar-refractivity contribution in [1.29, 1.82) is 0 Å². The van der Waals surface area contributed by atoms with E-state index < -0.39 is 0 Å². The average Bonchev–Trinajstić information content (AvgIpc) is 3.30. The summed E-state index contributed by atoms with van der Waals surface area (Å²) in [7, 11) is 0. The van der Waals surface area contributed by atoms with Crippen molar-refractivity contribution in [3.05, 3.63) is 41.3 Å². The van der Waals surface area contributed by atoms with Crippen LogP contribution >= 0.6 is 0 Å². The van der Waals surface area contributed by atoms with Crippen molar-refractivity contribution < 1.29 is 14.1 Å². The van der Waals surface area contributed by atoms with E-state index in [-0.39, 0.29) is 17.9 Å². The van der Waals surface area contributed by atoms with Crippen molar-refractivity contribution in [2.24, 2.45) is 0 Å². The van der Waals surface area contributed by atoms with Gasteiger partial charge >= 0.3 is 0 Å². The lowest BCUT2D eigenvalue weighted by Crippen LogP contribution is -2.42. The molecule has 2 aromatic heterocycles. The monoisotopic (exact) mass is 397 g/mol. The number of amides is 2. The van der Waals surface area contributed by atoms with Crippen LogP contribution < -0.4 is 0 Å². The predicted octanol–water partition coefficient (Wildman–Crippen LogP) is 2.35. The summed E-state index contributed by atoms with van der Waals surface area (Å²) in [5, 5.41) is 4.07. The van der Waals surface area contributed by atoms with Gasteiger partial charge in [0, 0.05) is 56.4 Å². The number of rotatable bonds is 6. The highest BCUT2D eigenvalue weighted by atomic mass is 16.5. The second-order valence-corrected chi connectivity index (χ2v) is 8.02. The van der Waals surface area contributed by atoms with Crippen LogP contribution in [0, 0.1) is 6.92 Å². The second kappa shape index (κ2) is 8.31. The number of nitrogens with zero attached hydrogens (tertiary/aromatic N) is 5. The third-order valence-electron chi connectivity index (χ3n) is 5.95. The van der Waals surface area contributed by atoms with E-state index in [2.05, 4.69) is 15.1 Å². The van der Waals surface area contributed by atoms with Gasteiger partial charge in [-0.15, -0.1) is 0 Å². The Kier molecular flexibility index (Phi) is 5.60. The molecule has 2 amide bonds. The van der Waals surface area contributed by atoms with Crippen LogP contribution in [0.3, 0.4) is 0 Å². The summed E-state index contributed by atoms with van der Waals surface area (Å²) in [5.74, 6) is 1.78. The molecule has 1 aliphatic carbocycles. The van der Waals surface area contributed by atoms with Crippen LogP contribution in [-0.4, -0.2) is 62.4 Å². The average molecular weight is 397 g/mol. The van der Waals surface area contributed by atoms with Crippen LogP contribution in [-0.2, 0) is 11.2 Å². The molecular formula is C21H27N5O3. The summed E-state index contributed by atoms with van der Waals surface area (Å²) in [6.45, 7) is 5.16. The van der Waals surface area contributed by atoms with Crippen molar-refractivity contribution in [1.82, 2.24) is 24.9 Å². The Hall–Kier alpha value is -2.77. The molecule has 1 aliphatic heterocycles. The van der Waals surface area contributed by atoms with Gasteiger partial charge in [0.15, 0.2) is 5.82 Å². The van der Waals surface area contributed by atoms with Gasteiger partial charge in [-0.3, -0.25) is 14.6 Å². The SMILES string of the molecule is CC(=O)N(CCc1noc(C2CCC2)n1)C1CCN(C(=O)c2ccnc(C)c2)C1. The summed E-state index contributed by atoms with van der Waals surface area (Å²) in [4.78, 5) is 37.3. The lowest BCUT2D eigenvalue weighted by molar-refractivity contribution is -0.130. The van der Waals surface area contributed by atoms with Crippen molar-refractivity contribution in [3.8, 4) is 0 Å². The molecule has 0 N–H and O–H groups in total. The second-order valence-electron chi connectivity index (χ2n) is 8.02. The molecule has 4 rings (SSSR count). The number of carbonyl (C=O) groups is 2. The normalized spacial score (nSPS) is 19.2. The van der Waals surface area contributed by atoms with Crippen molar-refractivity contribution >= 4 is 11.8 Å². The third kappa shape index (κ3) is 4.31. The molecule has 0 aromatic carbocycles. The Labute approximate surface area is 170 Å². The van der Waals surface area contributed by atoms with Gasteiger partial charge in [0.25, 0.3) is 5.91 Å². The van der Waals surface area contributed by atoms with Crippen LogP contribution in [0.5, 0.6) is 0 Å². The largest absolute Gasteiger partial charge is 0.339 e. The lowest BCUT2D eigenvalue weighted by Gasteiger charge is -2.27. The van der Waals surface area contributed by atoms with Crippen molar-refractivity contribution in [3.63, 3.8) is 0 Å². The maximum Gasteiger partial charge on any atom is 0.254 e. The molecule has 1 saturated heterocycles. The number of carbonyl (C=O) groups excluding carboxylic acids is 2. The molecule has 8 heteroatoms. The van der Waals surface area contributed by atoms with Gasteiger partial charge in [-0.1, -0.05) is 11.6 Å². The van der Waals surface area contributed by atoms with E-state index in [9.17, 15) is 9.59 Å². The minimum absolute atomic E-state index is 0.00626. The fourth-order valence-corrected chi connectivity index (χ4v) is 4.05.